The molecule has 0 bridgehead atoms. The van der Waals surface area contributed by atoms with E-state index in [1.165, 1.54) is 21.1 Å². The summed E-state index contributed by atoms with van der Waals surface area (Å²) in [5, 5.41) is 3.22. The molecular weight excluding hydrogens is 380 g/mol. The van der Waals surface area contributed by atoms with E-state index in [1.54, 1.807) is 23.2 Å². The molecule has 2 amide bonds. The minimum absolute atomic E-state index is 0.0923. The van der Waals surface area contributed by atoms with E-state index in [1.807, 2.05) is 30.3 Å². The molecule has 0 saturated heterocycles. The van der Waals surface area contributed by atoms with Gasteiger partial charge in [0.2, 0.25) is 11.8 Å². The third-order valence-corrected chi connectivity index (χ3v) is 4.89. The SMILES string of the molecule is COc1cc(NC(=O)C[C@@H]2c3ccccc3C=CN2C(C)=O)c(OC)cc1Cl. The fourth-order valence-electron chi connectivity index (χ4n) is 3.25. The quantitative estimate of drug-likeness (QED) is 0.814. The zero-order valence-electron chi connectivity index (χ0n) is 15.9. The molecule has 6 nitrogen and oxygen atoms in total. The molecule has 0 unspecified atom stereocenters. The van der Waals surface area contributed by atoms with Crippen molar-refractivity contribution in [3.05, 3.63) is 58.7 Å². The number of hydrogen-bond acceptors (Lipinski definition) is 4. The Labute approximate surface area is 168 Å². The predicted octanol–water partition coefficient (Wildman–Crippen LogP) is 4.26. The Hall–Kier alpha value is -2.99. The lowest BCUT2D eigenvalue weighted by molar-refractivity contribution is -0.129. The predicted molar refractivity (Wildman–Crippen MR) is 109 cm³/mol. The van der Waals surface area contributed by atoms with Crippen molar-refractivity contribution in [2.24, 2.45) is 0 Å². The van der Waals surface area contributed by atoms with Crippen molar-refractivity contribution in [2.75, 3.05) is 19.5 Å². The third kappa shape index (κ3) is 3.97. The van der Waals surface area contributed by atoms with Crippen LogP contribution in [0.3, 0.4) is 0 Å². The van der Waals surface area contributed by atoms with Gasteiger partial charge in [-0.2, -0.15) is 0 Å². The summed E-state index contributed by atoms with van der Waals surface area (Å²) in [7, 11) is 2.99. The summed E-state index contributed by atoms with van der Waals surface area (Å²) in [5.41, 5.74) is 2.36. The molecule has 0 aliphatic carbocycles. The highest BCUT2D eigenvalue weighted by Crippen LogP contribution is 2.37. The lowest BCUT2D eigenvalue weighted by Gasteiger charge is -2.32. The molecule has 1 atom stereocenters. The van der Waals surface area contributed by atoms with Gasteiger partial charge in [0.05, 0.1) is 37.4 Å². The van der Waals surface area contributed by atoms with Crippen LogP contribution in [-0.2, 0) is 9.59 Å². The Kier molecular flexibility index (Phi) is 5.90. The van der Waals surface area contributed by atoms with Crippen LogP contribution in [-0.4, -0.2) is 30.9 Å². The van der Waals surface area contributed by atoms with Gasteiger partial charge in [-0.3, -0.25) is 9.59 Å². The van der Waals surface area contributed by atoms with Crippen molar-refractivity contribution >= 4 is 35.2 Å². The number of rotatable bonds is 5. The molecule has 1 N–H and O–H groups in total. The van der Waals surface area contributed by atoms with E-state index in [4.69, 9.17) is 21.1 Å². The van der Waals surface area contributed by atoms with Crippen LogP contribution in [0.4, 0.5) is 5.69 Å². The van der Waals surface area contributed by atoms with Gasteiger partial charge in [0, 0.05) is 25.3 Å². The molecule has 1 aliphatic heterocycles. The average molecular weight is 401 g/mol. The Balaban J connectivity index is 1.86. The van der Waals surface area contributed by atoms with Crippen molar-refractivity contribution in [1.29, 1.82) is 0 Å². The van der Waals surface area contributed by atoms with E-state index < -0.39 is 0 Å². The molecule has 3 rings (SSSR count). The first-order chi connectivity index (χ1) is 13.4. The summed E-state index contributed by atoms with van der Waals surface area (Å²) >= 11 is 6.11. The van der Waals surface area contributed by atoms with Crippen LogP contribution in [0, 0.1) is 0 Å². The van der Waals surface area contributed by atoms with Gasteiger partial charge in [0.25, 0.3) is 0 Å². The molecule has 7 heteroatoms. The summed E-state index contributed by atoms with van der Waals surface area (Å²) < 4.78 is 10.5. The van der Waals surface area contributed by atoms with E-state index in [2.05, 4.69) is 5.32 Å². The highest BCUT2D eigenvalue weighted by molar-refractivity contribution is 6.32. The summed E-state index contributed by atoms with van der Waals surface area (Å²) in [6.45, 7) is 1.48. The minimum Gasteiger partial charge on any atom is -0.495 e. The zero-order chi connectivity index (χ0) is 20.3. The van der Waals surface area contributed by atoms with Crippen molar-refractivity contribution in [2.45, 2.75) is 19.4 Å². The fourth-order valence-corrected chi connectivity index (χ4v) is 3.48. The number of amides is 2. The number of hydrogen-bond donors (Lipinski definition) is 1. The summed E-state index contributed by atoms with van der Waals surface area (Å²) in [5.74, 6) is 0.457. The minimum atomic E-state index is -0.390. The second-order valence-corrected chi connectivity index (χ2v) is 6.73. The highest BCUT2D eigenvalue weighted by atomic mass is 35.5. The van der Waals surface area contributed by atoms with Gasteiger partial charge in [-0.05, 0) is 17.2 Å². The van der Waals surface area contributed by atoms with Crippen molar-refractivity contribution < 1.29 is 19.1 Å². The average Bonchev–Trinajstić information content (AvgIpc) is 2.68. The van der Waals surface area contributed by atoms with Crippen LogP contribution in [0.2, 0.25) is 5.02 Å². The molecule has 0 radical (unpaired) electrons. The Morgan fingerprint density at radius 1 is 1.14 bits per heavy atom. The molecule has 0 fully saturated rings. The first-order valence-electron chi connectivity index (χ1n) is 8.72. The molecular formula is C21H21ClN2O4. The van der Waals surface area contributed by atoms with E-state index in [9.17, 15) is 9.59 Å². The summed E-state index contributed by atoms with van der Waals surface area (Å²) in [4.78, 5) is 26.5. The Bertz CT molecular complexity index is 942. The van der Waals surface area contributed by atoms with E-state index in [0.717, 1.165) is 11.1 Å². The maximum atomic E-state index is 12.8. The molecule has 0 spiro atoms. The third-order valence-electron chi connectivity index (χ3n) is 4.60. The van der Waals surface area contributed by atoms with Crippen molar-refractivity contribution in [3.63, 3.8) is 0 Å². The second kappa shape index (κ2) is 8.35. The first-order valence-corrected chi connectivity index (χ1v) is 9.09. The van der Waals surface area contributed by atoms with Crippen molar-refractivity contribution in [1.82, 2.24) is 4.90 Å². The van der Waals surface area contributed by atoms with Crippen LogP contribution in [0.25, 0.3) is 6.08 Å². The normalized spacial score (nSPS) is 15.0. The lowest BCUT2D eigenvalue weighted by Crippen LogP contribution is -2.33. The number of halogens is 1. The van der Waals surface area contributed by atoms with Gasteiger partial charge >= 0.3 is 0 Å². The number of benzene rings is 2. The van der Waals surface area contributed by atoms with Gasteiger partial charge in [0.15, 0.2) is 0 Å². The topological polar surface area (TPSA) is 67.9 Å². The fraction of sp³-hybridized carbons (Fsp3) is 0.238. The lowest BCUT2D eigenvalue weighted by atomic mass is 9.93. The van der Waals surface area contributed by atoms with E-state index in [0.29, 0.717) is 22.2 Å². The van der Waals surface area contributed by atoms with Gasteiger partial charge < -0.3 is 19.7 Å². The number of carbonyl (C=O) groups is 2. The molecule has 2 aromatic carbocycles. The zero-order valence-corrected chi connectivity index (χ0v) is 16.6. The Morgan fingerprint density at radius 3 is 2.54 bits per heavy atom. The van der Waals surface area contributed by atoms with Crippen LogP contribution in [0.15, 0.2) is 42.6 Å². The van der Waals surface area contributed by atoms with Gasteiger partial charge in [-0.15, -0.1) is 0 Å². The molecule has 146 valence electrons. The molecule has 0 saturated carbocycles. The summed E-state index contributed by atoms with van der Waals surface area (Å²) in [6, 6.07) is 10.5. The first kappa shape index (κ1) is 19.8. The van der Waals surface area contributed by atoms with E-state index in [-0.39, 0.29) is 24.3 Å². The largest absolute Gasteiger partial charge is 0.495 e. The summed E-state index contributed by atoms with van der Waals surface area (Å²) in [6.07, 6.45) is 3.68. The number of methoxy groups -OCH3 is 2. The van der Waals surface area contributed by atoms with Crippen LogP contribution >= 0.6 is 11.6 Å². The van der Waals surface area contributed by atoms with Crippen LogP contribution < -0.4 is 14.8 Å². The number of anilines is 1. The molecule has 0 aromatic heterocycles. The van der Waals surface area contributed by atoms with Crippen LogP contribution in [0.5, 0.6) is 11.5 Å². The number of nitrogens with zero attached hydrogens (tertiary/aromatic N) is 1. The number of fused-ring (bicyclic) bond motifs is 1. The van der Waals surface area contributed by atoms with Crippen LogP contribution in [0.1, 0.15) is 30.5 Å². The maximum absolute atomic E-state index is 12.8. The molecule has 1 heterocycles. The number of carbonyl (C=O) groups excluding carboxylic acids is 2. The van der Waals surface area contributed by atoms with Gasteiger partial charge in [0.1, 0.15) is 11.5 Å². The molecule has 2 aromatic rings. The maximum Gasteiger partial charge on any atom is 0.226 e. The second-order valence-electron chi connectivity index (χ2n) is 6.33. The standard InChI is InChI=1S/C21H21ClN2O4/c1-13(25)24-9-8-14-6-4-5-7-15(14)18(24)12-21(26)23-17-11-19(27-2)16(22)10-20(17)28-3/h4-11,18H,12H2,1-3H3,(H,23,26)/t18-/m1/s1. The van der Waals surface area contributed by atoms with Gasteiger partial charge in [-0.1, -0.05) is 35.9 Å². The number of ether oxygens (including phenoxy) is 2. The Morgan fingerprint density at radius 2 is 1.86 bits per heavy atom. The molecule has 28 heavy (non-hydrogen) atoms. The van der Waals surface area contributed by atoms with Gasteiger partial charge in [-0.25, -0.2) is 0 Å². The number of nitrogens with one attached hydrogen (secondary N) is 1. The molecule has 1 aliphatic rings. The van der Waals surface area contributed by atoms with Crippen molar-refractivity contribution in [3.8, 4) is 11.5 Å². The van der Waals surface area contributed by atoms with E-state index >= 15 is 0 Å². The monoisotopic (exact) mass is 400 g/mol. The smallest absolute Gasteiger partial charge is 0.226 e. The highest BCUT2D eigenvalue weighted by Gasteiger charge is 2.28.